The molecule has 0 bridgehead atoms. The lowest BCUT2D eigenvalue weighted by Crippen LogP contribution is -2.35. The zero-order valence-corrected chi connectivity index (χ0v) is 15.9. The van der Waals surface area contributed by atoms with Gasteiger partial charge < -0.3 is 21.7 Å². The molecule has 3 aromatic rings. The number of carbonyl (C=O) groups excluding carboxylic acids is 1. The molecule has 27 heavy (non-hydrogen) atoms. The van der Waals surface area contributed by atoms with E-state index in [0.717, 1.165) is 52.5 Å². The standard InChI is InChI=1S/C19H22N6OS/c1-11-23-15-3-2-13(8-17(15)27-11)25-18-9-16(14(10-22-18)19(20)26)24-12-4-6-21-7-5-12/h2-3,8-10,12,21H,4-7H2,1H3,(H2,20,26)(H2,22,24,25). The van der Waals surface area contributed by atoms with Gasteiger partial charge in [-0.05, 0) is 51.1 Å². The molecule has 0 saturated carbocycles. The van der Waals surface area contributed by atoms with Crippen LogP contribution in [0.15, 0.2) is 30.5 Å². The summed E-state index contributed by atoms with van der Waals surface area (Å²) in [6.45, 7) is 3.93. The molecular weight excluding hydrogens is 360 g/mol. The molecule has 1 aliphatic heterocycles. The van der Waals surface area contributed by atoms with Crippen molar-refractivity contribution in [2.75, 3.05) is 23.7 Å². The minimum absolute atomic E-state index is 0.316. The Bertz CT molecular complexity index is 979. The van der Waals surface area contributed by atoms with Gasteiger partial charge in [-0.25, -0.2) is 9.97 Å². The van der Waals surface area contributed by atoms with Gasteiger partial charge in [-0.2, -0.15) is 0 Å². The van der Waals surface area contributed by atoms with Crippen LogP contribution in [0.25, 0.3) is 10.2 Å². The second-order valence-electron chi connectivity index (χ2n) is 6.69. The van der Waals surface area contributed by atoms with Crippen LogP contribution >= 0.6 is 11.3 Å². The number of hydrogen-bond donors (Lipinski definition) is 4. The van der Waals surface area contributed by atoms with E-state index in [-0.39, 0.29) is 0 Å². The number of aryl methyl sites for hydroxylation is 1. The first-order valence-electron chi connectivity index (χ1n) is 9.00. The Balaban J connectivity index is 1.59. The van der Waals surface area contributed by atoms with Crippen LogP contribution in [0.3, 0.4) is 0 Å². The van der Waals surface area contributed by atoms with E-state index in [2.05, 4.69) is 32.0 Å². The van der Waals surface area contributed by atoms with Crippen molar-refractivity contribution in [3.8, 4) is 0 Å². The predicted octanol–water partition coefficient (Wildman–Crippen LogP) is 3.01. The van der Waals surface area contributed by atoms with Gasteiger partial charge in [0, 0.05) is 24.0 Å². The Labute approximate surface area is 161 Å². The third kappa shape index (κ3) is 4.01. The number of nitrogens with two attached hydrogens (primary N) is 1. The third-order valence-corrected chi connectivity index (χ3v) is 5.57. The summed E-state index contributed by atoms with van der Waals surface area (Å²) in [7, 11) is 0. The summed E-state index contributed by atoms with van der Waals surface area (Å²) < 4.78 is 1.12. The highest BCUT2D eigenvalue weighted by molar-refractivity contribution is 7.18. The summed E-state index contributed by atoms with van der Waals surface area (Å²) in [5, 5.41) is 11.2. The molecule has 3 heterocycles. The largest absolute Gasteiger partial charge is 0.381 e. The first-order valence-corrected chi connectivity index (χ1v) is 9.81. The van der Waals surface area contributed by atoms with Gasteiger partial charge in [-0.3, -0.25) is 4.79 Å². The maximum absolute atomic E-state index is 11.8. The van der Waals surface area contributed by atoms with E-state index in [4.69, 9.17) is 5.73 Å². The molecule has 8 heteroatoms. The minimum atomic E-state index is -0.480. The highest BCUT2D eigenvalue weighted by Crippen LogP contribution is 2.28. The van der Waals surface area contributed by atoms with Gasteiger partial charge in [-0.1, -0.05) is 0 Å². The normalized spacial score (nSPS) is 15.0. The number of amides is 1. The quantitative estimate of drug-likeness (QED) is 0.541. The smallest absolute Gasteiger partial charge is 0.252 e. The van der Waals surface area contributed by atoms with Crippen molar-refractivity contribution in [2.45, 2.75) is 25.8 Å². The zero-order valence-electron chi connectivity index (χ0n) is 15.1. The Morgan fingerprint density at radius 1 is 1.30 bits per heavy atom. The van der Waals surface area contributed by atoms with Crippen molar-refractivity contribution in [3.05, 3.63) is 41.0 Å². The van der Waals surface area contributed by atoms with Gasteiger partial charge in [0.05, 0.1) is 26.5 Å². The second-order valence-corrected chi connectivity index (χ2v) is 7.92. The number of pyridine rings is 1. The monoisotopic (exact) mass is 382 g/mol. The number of benzene rings is 1. The highest BCUT2D eigenvalue weighted by Gasteiger charge is 2.17. The Morgan fingerprint density at radius 3 is 2.89 bits per heavy atom. The van der Waals surface area contributed by atoms with Crippen LogP contribution in [-0.4, -0.2) is 35.0 Å². The maximum Gasteiger partial charge on any atom is 0.252 e. The van der Waals surface area contributed by atoms with Crippen LogP contribution in [0.1, 0.15) is 28.2 Å². The van der Waals surface area contributed by atoms with Gasteiger partial charge in [0.1, 0.15) is 5.82 Å². The number of carbonyl (C=O) groups is 1. The topological polar surface area (TPSA) is 105 Å². The summed E-state index contributed by atoms with van der Waals surface area (Å²) in [6, 6.07) is 8.20. The SMILES string of the molecule is Cc1nc2ccc(Nc3cc(NC4CCNCC4)c(C(N)=O)cn3)cc2s1. The van der Waals surface area contributed by atoms with Crippen LogP contribution in [0.5, 0.6) is 0 Å². The maximum atomic E-state index is 11.8. The van der Waals surface area contributed by atoms with E-state index < -0.39 is 5.91 Å². The fraction of sp³-hybridized carbons (Fsp3) is 0.316. The second kappa shape index (κ2) is 7.50. The molecule has 4 rings (SSSR count). The van der Waals surface area contributed by atoms with E-state index in [1.807, 2.05) is 25.1 Å². The summed E-state index contributed by atoms with van der Waals surface area (Å²) in [4.78, 5) is 20.6. The number of anilines is 3. The lowest BCUT2D eigenvalue weighted by atomic mass is 10.1. The fourth-order valence-corrected chi connectivity index (χ4v) is 4.16. The van der Waals surface area contributed by atoms with Gasteiger partial charge >= 0.3 is 0 Å². The number of nitrogens with one attached hydrogen (secondary N) is 3. The molecule has 1 amide bonds. The highest BCUT2D eigenvalue weighted by atomic mass is 32.1. The molecule has 2 aromatic heterocycles. The molecule has 0 aliphatic carbocycles. The van der Waals surface area contributed by atoms with Crippen LogP contribution in [-0.2, 0) is 0 Å². The summed E-state index contributed by atoms with van der Waals surface area (Å²) >= 11 is 1.66. The molecule has 1 fully saturated rings. The molecule has 0 unspecified atom stereocenters. The van der Waals surface area contributed by atoms with Crippen LogP contribution in [0, 0.1) is 6.92 Å². The number of primary amides is 1. The Hall–Kier alpha value is -2.71. The average molecular weight is 382 g/mol. The molecule has 7 nitrogen and oxygen atoms in total. The van der Waals surface area contributed by atoms with E-state index in [1.165, 1.54) is 6.20 Å². The zero-order chi connectivity index (χ0) is 18.8. The van der Waals surface area contributed by atoms with Crippen molar-refractivity contribution in [1.29, 1.82) is 0 Å². The number of rotatable bonds is 5. The minimum Gasteiger partial charge on any atom is -0.381 e. The van der Waals surface area contributed by atoms with E-state index in [9.17, 15) is 4.79 Å². The van der Waals surface area contributed by atoms with E-state index in [0.29, 0.717) is 17.4 Å². The number of thiazole rings is 1. The number of piperidine rings is 1. The van der Waals surface area contributed by atoms with Crippen molar-refractivity contribution in [2.24, 2.45) is 5.73 Å². The molecule has 5 N–H and O–H groups in total. The Morgan fingerprint density at radius 2 is 2.11 bits per heavy atom. The molecule has 1 aliphatic rings. The molecular formula is C19H22N6OS. The summed E-state index contributed by atoms with van der Waals surface area (Å²) in [5.41, 5.74) is 8.59. The van der Waals surface area contributed by atoms with Gasteiger partial charge in [0.15, 0.2) is 0 Å². The van der Waals surface area contributed by atoms with E-state index in [1.54, 1.807) is 11.3 Å². The van der Waals surface area contributed by atoms with Gasteiger partial charge in [0.25, 0.3) is 5.91 Å². The molecule has 0 spiro atoms. The summed E-state index contributed by atoms with van der Waals surface area (Å²) in [6.07, 6.45) is 3.54. The molecule has 0 radical (unpaired) electrons. The average Bonchev–Trinajstić information content (AvgIpc) is 3.02. The molecule has 1 aromatic carbocycles. The van der Waals surface area contributed by atoms with Crippen LogP contribution in [0.2, 0.25) is 0 Å². The predicted molar refractivity (Wildman–Crippen MR) is 110 cm³/mol. The fourth-order valence-electron chi connectivity index (χ4n) is 3.29. The molecule has 1 saturated heterocycles. The van der Waals surface area contributed by atoms with Gasteiger partial charge in [0.2, 0.25) is 0 Å². The van der Waals surface area contributed by atoms with Crippen molar-refractivity contribution in [3.63, 3.8) is 0 Å². The number of nitrogens with zero attached hydrogens (tertiary/aromatic N) is 2. The van der Waals surface area contributed by atoms with Gasteiger partial charge in [-0.15, -0.1) is 11.3 Å². The van der Waals surface area contributed by atoms with E-state index >= 15 is 0 Å². The lowest BCUT2D eigenvalue weighted by molar-refractivity contribution is 0.100. The lowest BCUT2D eigenvalue weighted by Gasteiger charge is -2.25. The van der Waals surface area contributed by atoms with Crippen LogP contribution < -0.4 is 21.7 Å². The first-order chi connectivity index (χ1) is 13.1. The van der Waals surface area contributed by atoms with Crippen LogP contribution in [0.4, 0.5) is 17.2 Å². The number of hydrogen-bond acceptors (Lipinski definition) is 7. The summed E-state index contributed by atoms with van der Waals surface area (Å²) in [5.74, 6) is 0.184. The number of fused-ring (bicyclic) bond motifs is 1. The Kier molecular flexibility index (Phi) is 4.91. The van der Waals surface area contributed by atoms with Crippen molar-refractivity contribution >= 4 is 44.7 Å². The van der Waals surface area contributed by atoms with Crippen molar-refractivity contribution in [1.82, 2.24) is 15.3 Å². The van der Waals surface area contributed by atoms with Crippen molar-refractivity contribution < 1.29 is 4.79 Å². The molecule has 0 atom stereocenters. The first kappa shape index (κ1) is 17.7. The molecule has 140 valence electrons. The third-order valence-electron chi connectivity index (χ3n) is 4.64. The number of aromatic nitrogens is 2.